The lowest BCUT2D eigenvalue weighted by molar-refractivity contribution is -0.259. The second kappa shape index (κ2) is 8.49. The van der Waals surface area contributed by atoms with E-state index in [0.29, 0.717) is 6.92 Å². The number of nitrogens with zero attached hydrogens (tertiary/aromatic N) is 6. The van der Waals surface area contributed by atoms with Crippen molar-refractivity contribution in [3.05, 3.63) is 30.1 Å². The number of nitrogen functional groups attached to an aromatic ring is 1. The molecule has 172 valence electrons. The Labute approximate surface area is 182 Å². The number of sulfonamides is 1. The monoisotopic (exact) mass is 471 g/mol. The molecule has 0 aromatic carbocycles. The highest BCUT2D eigenvalue weighted by atomic mass is 32.2. The fraction of sp³-hybridized carbons (Fsp3) is 0.444. The molecule has 2 aromatic rings. The van der Waals surface area contributed by atoms with Crippen LogP contribution in [0, 0.1) is 11.8 Å². The number of halogens is 3. The molecule has 1 unspecified atom stereocenters. The topological polar surface area (TPSA) is 138 Å². The van der Waals surface area contributed by atoms with Crippen LogP contribution in [0.25, 0.3) is 0 Å². The molecule has 3 heterocycles. The zero-order valence-electron chi connectivity index (χ0n) is 17.1. The first-order valence-electron chi connectivity index (χ1n) is 9.28. The first-order chi connectivity index (χ1) is 14.9. The minimum Gasteiger partial charge on any atom is -0.382 e. The summed E-state index contributed by atoms with van der Waals surface area (Å²) >= 11 is 0. The summed E-state index contributed by atoms with van der Waals surface area (Å²) in [5.74, 6) is 5.72. The molecule has 2 aromatic heterocycles. The van der Waals surface area contributed by atoms with E-state index >= 15 is 0 Å². The third-order valence-corrected chi connectivity index (χ3v) is 6.69. The predicted molar refractivity (Wildman–Crippen MR) is 107 cm³/mol. The lowest BCUT2D eigenvalue weighted by Gasteiger charge is -2.38. The maximum atomic E-state index is 13.0. The number of nitrogens with two attached hydrogens (primary N) is 1. The van der Waals surface area contributed by atoms with E-state index in [9.17, 15) is 26.7 Å². The second-order valence-electron chi connectivity index (χ2n) is 7.10. The fourth-order valence-electron chi connectivity index (χ4n) is 2.99. The minimum atomic E-state index is -4.90. The van der Waals surface area contributed by atoms with E-state index in [4.69, 9.17) is 5.73 Å². The molecule has 2 atom stereocenters. The highest BCUT2D eigenvalue weighted by Gasteiger charge is 2.51. The van der Waals surface area contributed by atoms with Gasteiger partial charge in [0.1, 0.15) is 11.9 Å². The Bertz CT molecular complexity index is 1130. The molecule has 0 spiro atoms. The lowest BCUT2D eigenvalue weighted by atomic mass is 9.99. The molecule has 1 saturated heterocycles. The molecule has 0 saturated carbocycles. The molecule has 32 heavy (non-hydrogen) atoms. The molecule has 14 heteroatoms. The van der Waals surface area contributed by atoms with Crippen LogP contribution in [-0.2, 0) is 15.6 Å². The molecule has 0 amide bonds. The van der Waals surface area contributed by atoms with Crippen molar-refractivity contribution in [1.82, 2.24) is 24.5 Å². The van der Waals surface area contributed by atoms with Crippen molar-refractivity contribution in [1.29, 1.82) is 0 Å². The normalized spacial score (nSPS) is 19.7. The van der Waals surface area contributed by atoms with E-state index in [0.717, 1.165) is 12.4 Å². The van der Waals surface area contributed by atoms with Gasteiger partial charge in [0.25, 0.3) is 10.0 Å². The number of piperazine rings is 1. The number of aliphatic hydroxyl groups is 1. The maximum Gasteiger partial charge on any atom is 0.421 e. The number of rotatable bonds is 4. The van der Waals surface area contributed by atoms with Gasteiger partial charge in [0.05, 0.1) is 0 Å². The smallest absolute Gasteiger partial charge is 0.382 e. The van der Waals surface area contributed by atoms with Gasteiger partial charge in [-0.15, -0.1) is 16.1 Å². The summed E-state index contributed by atoms with van der Waals surface area (Å²) in [5.41, 5.74) is 1.83. The van der Waals surface area contributed by atoms with Crippen molar-refractivity contribution in [2.24, 2.45) is 0 Å². The van der Waals surface area contributed by atoms with Gasteiger partial charge in [-0.3, -0.25) is 0 Å². The molecule has 0 radical (unpaired) electrons. The first kappa shape index (κ1) is 23.6. The van der Waals surface area contributed by atoms with Gasteiger partial charge in [-0.25, -0.2) is 18.4 Å². The molecule has 1 aliphatic rings. The highest BCUT2D eigenvalue weighted by Crippen LogP contribution is 2.38. The SMILES string of the molecule is CC#C[C@H]1CN(S(=O)(=O)c2ccc(N)nn2)CCN1c1ncc(C(C)(O)C(F)(F)F)cn1. The van der Waals surface area contributed by atoms with Gasteiger partial charge in [0, 0.05) is 37.6 Å². The molecule has 3 N–H and O–H groups in total. The summed E-state index contributed by atoms with van der Waals surface area (Å²) in [6.45, 7) is 2.28. The van der Waals surface area contributed by atoms with E-state index in [2.05, 4.69) is 32.0 Å². The fourth-order valence-corrected chi connectivity index (χ4v) is 4.30. The Kier molecular flexibility index (Phi) is 6.27. The number of anilines is 2. The van der Waals surface area contributed by atoms with Gasteiger partial charge in [-0.2, -0.15) is 17.5 Å². The van der Waals surface area contributed by atoms with Gasteiger partial charge in [0.2, 0.25) is 5.95 Å². The third kappa shape index (κ3) is 4.45. The average molecular weight is 471 g/mol. The summed E-state index contributed by atoms with van der Waals surface area (Å²) in [6, 6.07) is 1.91. The number of hydrogen-bond acceptors (Lipinski definition) is 9. The Hall–Kier alpha value is -3.02. The largest absolute Gasteiger partial charge is 0.421 e. The van der Waals surface area contributed by atoms with Gasteiger partial charge < -0.3 is 15.7 Å². The molecule has 1 aliphatic heterocycles. The molecule has 0 bridgehead atoms. The predicted octanol–water partition coefficient (Wildman–Crippen LogP) is 0.521. The van der Waals surface area contributed by atoms with Gasteiger partial charge in [-0.1, -0.05) is 5.92 Å². The third-order valence-electron chi connectivity index (χ3n) is 4.93. The van der Waals surface area contributed by atoms with Crippen LogP contribution in [0.2, 0.25) is 0 Å². The summed E-state index contributed by atoms with van der Waals surface area (Å²) in [7, 11) is -3.97. The van der Waals surface area contributed by atoms with Crippen molar-refractivity contribution >= 4 is 21.8 Å². The van der Waals surface area contributed by atoms with Crippen molar-refractivity contribution < 1.29 is 26.7 Å². The van der Waals surface area contributed by atoms with E-state index < -0.39 is 33.4 Å². The van der Waals surface area contributed by atoms with E-state index in [-0.39, 0.29) is 36.4 Å². The second-order valence-corrected chi connectivity index (χ2v) is 8.99. The van der Waals surface area contributed by atoms with Crippen LogP contribution in [0.15, 0.2) is 29.6 Å². The van der Waals surface area contributed by atoms with Gasteiger partial charge in [-0.05, 0) is 26.0 Å². The Balaban J connectivity index is 1.84. The molecule has 3 rings (SSSR count). The van der Waals surface area contributed by atoms with Gasteiger partial charge >= 0.3 is 6.18 Å². The van der Waals surface area contributed by atoms with E-state index in [1.807, 2.05) is 0 Å². The van der Waals surface area contributed by atoms with Crippen LogP contribution in [-0.4, -0.2) is 69.8 Å². The quantitative estimate of drug-likeness (QED) is 0.611. The van der Waals surface area contributed by atoms with E-state index in [1.54, 1.807) is 11.8 Å². The molecule has 1 fully saturated rings. The molecule has 10 nitrogen and oxygen atoms in total. The van der Waals surface area contributed by atoms with Crippen LogP contribution in [0.4, 0.5) is 24.9 Å². The Morgan fingerprint density at radius 3 is 2.38 bits per heavy atom. The average Bonchev–Trinajstić information content (AvgIpc) is 2.73. The molecular formula is C18H20F3N7O3S. The van der Waals surface area contributed by atoms with E-state index in [1.165, 1.54) is 16.4 Å². The van der Waals surface area contributed by atoms with Crippen LogP contribution >= 0.6 is 0 Å². The summed E-state index contributed by atoms with van der Waals surface area (Å²) < 4.78 is 66.1. The van der Waals surface area contributed by atoms with Crippen LogP contribution in [0.1, 0.15) is 19.4 Å². The van der Waals surface area contributed by atoms with Gasteiger partial charge in [0.15, 0.2) is 10.6 Å². The molecule has 0 aliphatic carbocycles. The van der Waals surface area contributed by atoms with Crippen molar-refractivity contribution in [2.45, 2.75) is 36.7 Å². The van der Waals surface area contributed by atoms with Crippen LogP contribution in [0.3, 0.4) is 0 Å². The Morgan fingerprint density at radius 2 is 1.84 bits per heavy atom. The maximum absolute atomic E-state index is 13.0. The summed E-state index contributed by atoms with van der Waals surface area (Å²) in [6.07, 6.45) is -3.13. The standard InChI is InChI=1S/C18H20F3N7O3S/c1-3-4-13-11-27(32(30,31)15-6-5-14(22)25-26-15)7-8-28(13)16-23-9-12(10-24-16)17(2,29)18(19,20)21/h5-6,9-10,13,29H,7-8,11H2,1-2H3,(H2,22,25)/t13-,17?/m0/s1. The lowest BCUT2D eigenvalue weighted by Crippen LogP contribution is -2.55. The van der Waals surface area contributed by atoms with Crippen molar-refractivity contribution in [3.8, 4) is 11.8 Å². The number of hydrogen-bond donors (Lipinski definition) is 2. The number of aromatic nitrogens is 4. The highest BCUT2D eigenvalue weighted by molar-refractivity contribution is 7.89. The van der Waals surface area contributed by atoms with Crippen LogP contribution in [0.5, 0.6) is 0 Å². The van der Waals surface area contributed by atoms with Crippen molar-refractivity contribution in [3.63, 3.8) is 0 Å². The summed E-state index contributed by atoms with van der Waals surface area (Å²) in [4.78, 5) is 9.49. The van der Waals surface area contributed by atoms with Crippen molar-refractivity contribution in [2.75, 3.05) is 30.3 Å². The van der Waals surface area contributed by atoms with Crippen LogP contribution < -0.4 is 10.6 Å². The minimum absolute atomic E-state index is 0.0294. The molecular weight excluding hydrogens is 451 g/mol. The zero-order valence-corrected chi connectivity index (χ0v) is 17.9. The summed E-state index contributed by atoms with van der Waals surface area (Å²) in [5, 5.41) is 16.7. The Morgan fingerprint density at radius 1 is 1.19 bits per heavy atom. The number of alkyl halides is 3. The first-order valence-corrected chi connectivity index (χ1v) is 10.7. The zero-order chi connectivity index (χ0) is 23.7.